The second kappa shape index (κ2) is 9.08. The fraction of sp³-hybridized carbons (Fsp3) is 0.292. The van der Waals surface area contributed by atoms with Crippen molar-refractivity contribution in [2.45, 2.75) is 37.1 Å². The molecule has 1 atom stereocenters. The first-order valence-electron chi connectivity index (χ1n) is 10.5. The molecular formula is C24H26N2O4S. The number of rotatable bonds is 6. The molecule has 3 aromatic carbocycles. The Balaban J connectivity index is 1.36. The zero-order valence-corrected chi connectivity index (χ0v) is 18.3. The smallest absolute Gasteiger partial charge is 0.262 e. The summed E-state index contributed by atoms with van der Waals surface area (Å²) in [4.78, 5) is 12.5. The first-order valence-corrected chi connectivity index (χ1v) is 11.9. The molecule has 162 valence electrons. The van der Waals surface area contributed by atoms with E-state index in [4.69, 9.17) is 4.74 Å². The lowest BCUT2D eigenvalue weighted by molar-refractivity contribution is -0.118. The van der Waals surface area contributed by atoms with E-state index in [1.807, 2.05) is 49.4 Å². The number of nitrogens with zero attached hydrogens (tertiary/aromatic N) is 1. The number of anilines is 1. The maximum absolute atomic E-state index is 12.9. The van der Waals surface area contributed by atoms with Crippen LogP contribution < -0.4 is 10.1 Å². The standard InChI is InChI=1S/C24H26N2O4S/c1-18-6-4-5-15-26(18)31(28,29)23-13-10-21(11-14-23)25-24(27)17-30-22-12-9-19-7-2-3-8-20(19)16-22/h2-3,7-14,16,18H,4-6,15,17H2,1H3,(H,25,27). The third-order valence-electron chi connectivity index (χ3n) is 5.58. The highest BCUT2D eigenvalue weighted by molar-refractivity contribution is 7.89. The van der Waals surface area contributed by atoms with Crippen LogP contribution in [0.4, 0.5) is 5.69 Å². The van der Waals surface area contributed by atoms with Crippen LogP contribution in [0.15, 0.2) is 71.6 Å². The number of carbonyl (C=O) groups is 1. The van der Waals surface area contributed by atoms with Crippen LogP contribution in [0.25, 0.3) is 10.8 Å². The van der Waals surface area contributed by atoms with E-state index in [1.54, 1.807) is 16.4 Å². The van der Waals surface area contributed by atoms with Crippen LogP contribution in [-0.2, 0) is 14.8 Å². The Morgan fingerprint density at radius 2 is 1.77 bits per heavy atom. The molecule has 1 N–H and O–H groups in total. The maximum Gasteiger partial charge on any atom is 0.262 e. The lowest BCUT2D eigenvalue weighted by Gasteiger charge is -2.32. The molecule has 0 radical (unpaired) electrons. The summed E-state index contributed by atoms with van der Waals surface area (Å²) >= 11 is 0. The molecule has 7 heteroatoms. The number of ether oxygens (including phenoxy) is 1. The topological polar surface area (TPSA) is 75.7 Å². The lowest BCUT2D eigenvalue weighted by Crippen LogP contribution is -2.41. The van der Waals surface area contributed by atoms with Gasteiger partial charge in [-0.05, 0) is 66.9 Å². The van der Waals surface area contributed by atoms with Crippen LogP contribution in [0, 0.1) is 0 Å². The molecular weight excluding hydrogens is 412 g/mol. The third-order valence-corrected chi connectivity index (χ3v) is 7.61. The Kier molecular flexibility index (Phi) is 6.25. The van der Waals surface area contributed by atoms with Crippen molar-refractivity contribution in [3.8, 4) is 5.75 Å². The van der Waals surface area contributed by atoms with Gasteiger partial charge in [0.1, 0.15) is 5.75 Å². The molecule has 1 heterocycles. The summed E-state index contributed by atoms with van der Waals surface area (Å²) in [6.07, 6.45) is 2.82. The highest BCUT2D eigenvalue weighted by Gasteiger charge is 2.30. The summed E-state index contributed by atoms with van der Waals surface area (Å²) in [5.41, 5.74) is 0.526. The van der Waals surface area contributed by atoms with E-state index in [0.29, 0.717) is 18.0 Å². The molecule has 31 heavy (non-hydrogen) atoms. The predicted molar refractivity (Wildman–Crippen MR) is 122 cm³/mol. The molecule has 0 aliphatic carbocycles. The van der Waals surface area contributed by atoms with Gasteiger partial charge in [-0.1, -0.05) is 36.8 Å². The SMILES string of the molecule is CC1CCCCN1S(=O)(=O)c1ccc(NC(=O)COc2ccc3ccccc3c2)cc1. The van der Waals surface area contributed by atoms with Gasteiger partial charge in [-0.3, -0.25) is 4.79 Å². The summed E-state index contributed by atoms with van der Waals surface area (Å²) in [5.74, 6) is 0.305. The monoisotopic (exact) mass is 438 g/mol. The molecule has 1 fully saturated rings. The normalized spacial score (nSPS) is 17.4. The van der Waals surface area contributed by atoms with Gasteiger partial charge >= 0.3 is 0 Å². The van der Waals surface area contributed by atoms with Crippen molar-refractivity contribution in [2.24, 2.45) is 0 Å². The van der Waals surface area contributed by atoms with Gasteiger partial charge in [0.2, 0.25) is 10.0 Å². The predicted octanol–water partition coefficient (Wildman–Crippen LogP) is 4.42. The molecule has 1 saturated heterocycles. The van der Waals surface area contributed by atoms with Gasteiger partial charge in [-0.2, -0.15) is 4.31 Å². The molecule has 0 bridgehead atoms. The number of amides is 1. The van der Waals surface area contributed by atoms with E-state index < -0.39 is 10.0 Å². The minimum absolute atomic E-state index is 0.00499. The zero-order chi connectivity index (χ0) is 21.8. The van der Waals surface area contributed by atoms with Gasteiger partial charge < -0.3 is 10.1 Å². The van der Waals surface area contributed by atoms with Crippen molar-refractivity contribution in [1.82, 2.24) is 4.31 Å². The number of hydrogen-bond acceptors (Lipinski definition) is 4. The maximum atomic E-state index is 12.9. The van der Waals surface area contributed by atoms with Gasteiger partial charge in [-0.25, -0.2) is 8.42 Å². The average molecular weight is 439 g/mol. The van der Waals surface area contributed by atoms with Crippen molar-refractivity contribution in [2.75, 3.05) is 18.5 Å². The molecule has 1 aliphatic rings. The van der Waals surface area contributed by atoms with Gasteiger partial charge in [0.25, 0.3) is 5.91 Å². The summed E-state index contributed by atoms with van der Waals surface area (Å²) in [6.45, 7) is 2.36. The largest absolute Gasteiger partial charge is 0.484 e. The van der Waals surface area contributed by atoms with Crippen LogP contribution in [0.5, 0.6) is 5.75 Å². The number of hydrogen-bond donors (Lipinski definition) is 1. The Bertz CT molecular complexity index is 1180. The molecule has 0 saturated carbocycles. The van der Waals surface area contributed by atoms with Crippen LogP contribution >= 0.6 is 0 Å². The Hall–Kier alpha value is -2.90. The summed E-state index contributed by atoms with van der Waals surface area (Å²) in [6, 6.07) is 19.9. The van der Waals surface area contributed by atoms with Crippen molar-refractivity contribution in [3.05, 3.63) is 66.7 Å². The second-order valence-corrected chi connectivity index (χ2v) is 9.72. The van der Waals surface area contributed by atoms with Gasteiger partial charge in [0, 0.05) is 18.3 Å². The highest BCUT2D eigenvalue weighted by atomic mass is 32.2. The number of sulfonamides is 1. The summed E-state index contributed by atoms with van der Waals surface area (Å²) in [5, 5.41) is 4.89. The molecule has 3 aromatic rings. The first kappa shape index (κ1) is 21.3. The van der Waals surface area contributed by atoms with Crippen molar-refractivity contribution < 1.29 is 17.9 Å². The van der Waals surface area contributed by atoms with Crippen molar-refractivity contribution in [1.29, 1.82) is 0 Å². The van der Waals surface area contributed by atoms with Crippen molar-refractivity contribution in [3.63, 3.8) is 0 Å². The van der Waals surface area contributed by atoms with Gasteiger partial charge in [-0.15, -0.1) is 0 Å². The van der Waals surface area contributed by atoms with E-state index in [0.717, 1.165) is 30.0 Å². The summed E-state index contributed by atoms with van der Waals surface area (Å²) in [7, 11) is -3.52. The molecule has 6 nitrogen and oxygen atoms in total. The van der Waals surface area contributed by atoms with Crippen LogP contribution in [-0.4, -0.2) is 37.8 Å². The molecule has 1 aliphatic heterocycles. The number of fused-ring (bicyclic) bond motifs is 1. The zero-order valence-electron chi connectivity index (χ0n) is 17.5. The lowest BCUT2D eigenvalue weighted by atomic mass is 10.1. The fourth-order valence-corrected chi connectivity index (χ4v) is 5.58. The van der Waals surface area contributed by atoms with Crippen molar-refractivity contribution >= 4 is 32.4 Å². The fourth-order valence-electron chi connectivity index (χ4n) is 3.88. The van der Waals surface area contributed by atoms with E-state index in [-0.39, 0.29) is 23.5 Å². The molecule has 4 rings (SSSR count). The van der Waals surface area contributed by atoms with E-state index in [1.165, 1.54) is 12.1 Å². The summed E-state index contributed by atoms with van der Waals surface area (Å²) < 4.78 is 33.0. The molecule has 0 aromatic heterocycles. The quantitative estimate of drug-likeness (QED) is 0.618. The highest BCUT2D eigenvalue weighted by Crippen LogP contribution is 2.26. The third kappa shape index (κ3) is 4.89. The number of piperidine rings is 1. The molecule has 1 amide bonds. The van der Waals surface area contributed by atoms with Crippen LogP contribution in [0.2, 0.25) is 0 Å². The first-order chi connectivity index (χ1) is 14.9. The van der Waals surface area contributed by atoms with Gasteiger partial charge in [0.05, 0.1) is 4.90 Å². The minimum atomic E-state index is -3.52. The van der Waals surface area contributed by atoms with E-state index in [2.05, 4.69) is 5.32 Å². The Morgan fingerprint density at radius 1 is 1.03 bits per heavy atom. The second-order valence-electron chi connectivity index (χ2n) is 7.83. The molecule has 1 unspecified atom stereocenters. The average Bonchev–Trinajstić information content (AvgIpc) is 2.78. The van der Waals surface area contributed by atoms with Gasteiger partial charge in [0.15, 0.2) is 6.61 Å². The number of benzene rings is 3. The Labute approximate surface area is 182 Å². The minimum Gasteiger partial charge on any atom is -0.484 e. The van der Waals surface area contributed by atoms with E-state index >= 15 is 0 Å². The number of carbonyl (C=O) groups excluding carboxylic acids is 1. The Morgan fingerprint density at radius 3 is 2.52 bits per heavy atom. The van der Waals surface area contributed by atoms with Crippen LogP contribution in [0.1, 0.15) is 26.2 Å². The van der Waals surface area contributed by atoms with Crippen LogP contribution in [0.3, 0.4) is 0 Å². The molecule has 0 spiro atoms. The number of nitrogens with one attached hydrogen (secondary N) is 1. The van der Waals surface area contributed by atoms with E-state index in [9.17, 15) is 13.2 Å².